The maximum absolute atomic E-state index is 2.66. The van der Waals surface area contributed by atoms with Gasteiger partial charge in [-0.3, -0.25) is 0 Å². The smallest absolute Gasteiger partial charge is 0.0468 e. The van der Waals surface area contributed by atoms with Crippen LogP contribution in [0.1, 0.15) is 43.2 Å². The van der Waals surface area contributed by atoms with E-state index in [1.54, 1.807) is 11.1 Å². The number of nitrogens with zero attached hydrogens (tertiary/aromatic N) is 2. The molecule has 4 bridgehead atoms. The Morgan fingerprint density at radius 1 is 0.281 bits per heavy atom. The first-order valence-corrected chi connectivity index (χ1v) is 23.5. The number of fused-ring (bicyclic) bond motifs is 7. The highest BCUT2D eigenvalue weighted by atomic mass is 15.1. The second-order valence-corrected chi connectivity index (χ2v) is 19.4. The lowest BCUT2D eigenvalue weighted by Gasteiger charge is -2.61. The third-order valence-electron chi connectivity index (χ3n) is 16.1. The van der Waals surface area contributed by atoms with E-state index in [1.807, 2.05) is 0 Å². The van der Waals surface area contributed by atoms with E-state index >= 15 is 0 Å². The molecule has 0 aliphatic heterocycles. The quantitative estimate of drug-likeness (QED) is 0.165. The van der Waals surface area contributed by atoms with E-state index in [4.69, 9.17) is 0 Å². The topological polar surface area (TPSA) is 6.48 Å². The van der Waals surface area contributed by atoms with E-state index in [0.29, 0.717) is 11.8 Å². The number of hydrogen-bond acceptors (Lipinski definition) is 2. The largest absolute Gasteiger partial charge is 0.310 e. The first kappa shape index (κ1) is 36.3. The van der Waals surface area contributed by atoms with Gasteiger partial charge in [0.1, 0.15) is 0 Å². The molecule has 5 aliphatic rings. The van der Waals surface area contributed by atoms with Gasteiger partial charge in [0.25, 0.3) is 0 Å². The average molecular weight is 821 g/mol. The maximum Gasteiger partial charge on any atom is 0.0468 e. The minimum atomic E-state index is 0.0292. The van der Waals surface area contributed by atoms with E-state index in [2.05, 4.69) is 216 Å². The van der Waals surface area contributed by atoms with Gasteiger partial charge in [-0.15, -0.1) is 0 Å². The van der Waals surface area contributed by atoms with Crippen molar-refractivity contribution in [1.29, 1.82) is 0 Å². The third-order valence-corrected chi connectivity index (χ3v) is 16.1. The molecule has 0 unspecified atom stereocenters. The van der Waals surface area contributed by atoms with Crippen molar-refractivity contribution in [3.05, 3.63) is 217 Å². The van der Waals surface area contributed by atoms with Crippen molar-refractivity contribution < 1.29 is 0 Å². The van der Waals surface area contributed by atoms with Crippen molar-refractivity contribution in [3.63, 3.8) is 0 Å². The number of rotatable bonds is 6. The molecule has 64 heavy (non-hydrogen) atoms. The van der Waals surface area contributed by atoms with E-state index in [1.165, 1.54) is 120 Å². The van der Waals surface area contributed by atoms with E-state index in [0.717, 1.165) is 11.8 Å². The summed E-state index contributed by atoms with van der Waals surface area (Å²) in [6, 6.07) is 77.7. The third kappa shape index (κ3) is 5.45. The lowest BCUT2D eigenvalue weighted by atomic mass is 9.43. The predicted molar refractivity (Wildman–Crippen MR) is 269 cm³/mol. The van der Waals surface area contributed by atoms with Crippen LogP contribution in [0.2, 0.25) is 0 Å². The molecule has 2 nitrogen and oxygen atoms in total. The van der Waals surface area contributed by atoms with E-state index < -0.39 is 0 Å². The predicted octanol–water partition coefficient (Wildman–Crippen LogP) is 17.0. The molecule has 306 valence electrons. The van der Waals surface area contributed by atoms with Crippen LogP contribution >= 0.6 is 0 Å². The Kier molecular flexibility index (Phi) is 7.90. The summed E-state index contributed by atoms with van der Waals surface area (Å²) in [7, 11) is 0. The molecule has 0 heterocycles. The molecule has 0 N–H and O–H groups in total. The van der Waals surface area contributed by atoms with Gasteiger partial charge in [0.15, 0.2) is 0 Å². The Morgan fingerprint density at radius 2 is 0.625 bits per heavy atom. The highest BCUT2D eigenvalue weighted by Crippen LogP contribution is 2.70. The number of benzene rings is 10. The van der Waals surface area contributed by atoms with Crippen LogP contribution in [-0.2, 0) is 5.41 Å². The Hall–Kier alpha value is -7.16. The maximum atomic E-state index is 2.66. The number of para-hydroxylation sites is 2. The van der Waals surface area contributed by atoms with Gasteiger partial charge in [-0.25, -0.2) is 0 Å². The molecule has 10 aromatic rings. The number of anilines is 6. The zero-order valence-electron chi connectivity index (χ0n) is 35.9. The fourth-order valence-electron chi connectivity index (χ4n) is 13.6. The second-order valence-electron chi connectivity index (χ2n) is 19.4. The average Bonchev–Trinajstić information content (AvgIpc) is 3.60. The first-order valence-electron chi connectivity index (χ1n) is 23.5. The summed E-state index contributed by atoms with van der Waals surface area (Å²) in [4.78, 5) is 4.88. The molecule has 0 saturated heterocycles. The normalized spacial score (nSPS) is 20.0. The van der Waals surface area contributed by atoms with Crippen LogP contribution in [0.15, 0.2) is 206 Å². The molecule has 1 spiro atoms. The van der Waals surface area contributed by atoms with Crippen molar-refractivity contribution in [2.45, 2.75) is 37.5 Å². The summed E-state index contributed by atoms with van der Waals surface area (Å²) in [6.07, 6.45) is 6.87. The fraction of sp³-hybridized carbons (Fsp3) is 0.161. The van der Waals surface area contributed by atoms with Crippen molar-refractivity contribution in [3.8, 4) is 11.1 Å². The summed E-state index contributed by atoms with van der Waals surface area (Å²) in [5.41, 5.74) is 13.2. The van der Waals surface area contributed by atoms with E-state index in [-0.39, 0.29) is 5.41 Å². The fourth-order valence-corrected chi connectivity index (χ4v) is 13.6. The van der Waals surface area contributed by atoms with Crippen molar-refractivity contribution in [2.75, 3.05) is 9.80 Å². The molecular weight excluding hydrogens is 773 g/mol. The zero-order valence-corrected chi connectivity index (χ0v) is 35.9. The summed E-state index contributed by atoms with van der Waals surface area (Å²) >= 11 is 0. The molecule has 5 aliphatic carbocycles. The molecule has 4 saturated carbocycles. The standard InChI is InChI=1S/C62H48N2/c1-3-15-52(16-4-1)63(54-23-19-42-11-7-9-13-44(42)32-54)56-25-21-46-36-58-59-37-47-22-26-57(64(53-17-5-2-6-18-53)55-24-20-43-12-8-10-14-45(43)33-55)35-49(47)39-61(59)62(60(58)38-48(46)34-56)50-28-40-27-41(30-50)31-51(62)29-40/h1-26,32-41,50-51H,27-31H2. The first-order chi connectivity index (χ1) is 31.6. The van der Waals surface area contributed by atoms with Gasteiger partial charge in [0, 0.05) is 39.5 Å². The summed E-state index contributed by atoms with van der Waals surface area (Å²) < 4.78 is 0. The number of hydrogen-bond donors (Lipinski definition) is 0. The molecule has 15 rings (SSSR count). The van der Waals surface area contributed by atoms with Gasteiger partial charge in [-0.05, 0) is 218 Å². The van der Waals surface area contributed by atoms with Gasteiger partial charge in [0.2, 0.25) is 0 Å². The summed E-state index contributed by atoms with van der Waals surface area (Å²) in [5, 5.41) is 10.3. The molecule has 0 atom stereocenters. The van der Waals surface area contributed by atoms with Gasteiger partial charge >= 0.3 is 0 Å². The van der Waals surface area contributed by atoms with Crippen LogP contribution in [-0.4, -0.2) is 0 Å². The van der Waals surface area contributed by atoms with Crippen molar-refractivity contribution in [2.24, 2.45) is 23.7 Å². The van der Waals surface area contributed by atoms with Crippen LogP contribution in [0.5, 0.6) is 0 Å². The molecule has 2 heteroatoms. The molecule has 10 aromatic carbocycles. The SMILES string of the molecule is c1ccc(N(c2ccc3ccccc3c2)c2ccc3cc4c(cc3c2)C2(c3cc5cc(N(c6ccccc6)c6ccc7ccccc7c6)ccc5cc3-4)C3CC4CC(C3)CC2C4)cc1. The van der Waals surface area contributed by atoms with Crippen LogP contribution in [0.25, 0.3) is 54.2 Å². The Bertz CT molecular complexity index is 3240. The highest BCUT2D eigenvalue weighted by molar-refractivity contribution is 6.01. The van der Waals surface area contributed by atoms with Crippen LogP contribution < -0.4 is 9.80 Å². The van der Waals surface area contributed by atoms with Gasteiger partial charge in [-0.1, -0.05) is 109 Å². The molecular formula is C62H48N2. The van der Waals surface area contributed by atoms with Gasteiger partial charge in [-0.2, -0.15) is 0 Å². The molecule has 0 amide bonds. The minimum absolute atomic E-state index is 0.0292. The Balaban J connectivity index is 0.943. The van der Waals surface area contributed by atoms with Crippen molar-refractivity contribution >= 4 is 77.2 Å². The van der Waals surface area contributed by atoms with Crippen LogP contribution in [0.4, 0.5) is 34.1 Å². The monoisotopic (exact) mass is 820 g/mol. The van der Waals surface area contributed by atoms with Crippen molar-refractivity contribution in [1.82, 2.24) is 0 Å². The molecule has 0 aromatic heterocycles. The Labute approximate surface area is 375 Å². The summed E-state index contributed by atoms with van der Waals surface area (Å²) in [5.74, 6) is 3.09. The van der Waals surface area contributed by atoms with Crippen LogP contribution in [0, 0.1) is 23.7 Å². The molecule has 0 radical (unpaired) electrons. The summed E-state index contributed by atoms with van der Waals surface area (Å²) in [6.45, 7) is 0. The lowest BCUT2D eigenvalue weighted by Crippen LogP contribution is -2.55. The van der Waals surface area contributed by atoms with Gasteiger partial charge < -0.3 is 9.80 Å². The lowest BCUT2D eigenvalue weighted by molar-refractivity contribution is -0.0398. The minimum Gasteiger partial charge on any atom is -0.310 e. The zero-order chi connectivity index (χ0) is 41.9. The molecule has 4 fully saturated rings. The highest BCUT2D eigenvalue weighted by Gasteiger charge is 2.61. The second kappa shape index (κ2) is 13.9. The van der Waals surface area contributed by atoms with E-state index in [9.17, 15) is 0 Å². The Morgan fingerprint density at radius 3 is 1.05 bits per heavy atom. The van der Waals surface area contributed by atoms with Gasteiger partial charge in [0.05, 0.1) is 0 Å². The van der Waals surface area contributed by atoms with Crippen LogP contribution in [0.3, 0.4) is 0 Å².